The summed E-state index contributed by atoms with van der Waals surface area (Å²) in [6, 6.07) is 5.83. The van der Waals surface area contributed by atoms with Gasteiger partial charge in [-0.15, -0.1) is 24.4 Å². The van der Waals surface area contributed by atoms with Gasteiger partial charge in [-0.2, -0.15) is 0 Å². The van der Waals surface area contributed by atoms with Crippen LogP contribution in [0.4, 0.5) is 5.69 Å². The zero-order valence-electron chi connectivity index (χ0n) is 5.66. The monoisotopic (exact) mass is 171 g/mol. The van der Waals surface area contributed by atoms with Gasteiger partial charge in [0.2, 0.25) is 0 Å². The van der Waals surface area contributed by atoms with E-state index in [0.29, 0.717) is 0 Å². The molecule has 0 amide bonds. The molecule has 0 saturated heterocycles. The summed E-state index contributed by atoms with van der Waals surface area (Å²) >= 11 is 5.83. The lowest BCUT2D eigenvalue weighted by Crippen LogP contribution is -1.85. The molecule has 0 saturated carbocycles. The van der Waals surface area contributed by atoms with Crippen molar-refractivity contribution < 1.29 is 0 Å². The smallest absolute Gasteiger partial charge is 0.0460 e. The summed E-state index contributed by atoms with van der Waals surface area (Å²) in [4.78, 5) is 2.02. The van der Waals surface area contributed by atoms with Crippen LogP contribution in [0.2, 0.25) is 0 Å². The molecule has 0 heterocycles. The lowest BCUT2D eigenvalue weighted by atomic mass is 10.3. The maximum absolute atomic E-state index is 5.61. The predicted octanol–water partition coefficient (Wildman–Crippen LogP) is 2.28. The number of hydrogen-bond donors (Lipinski definition) is 2. The molecule has 0 unspecified atom stereocenters. The summed E-state index contributed by atoms with van der Waals surface area (Å²) in [6.45, 7) is 0. The highest BCUT2D eigenvalue weighted by Crippen LogP contribution is 2.22. The van der Waals surface area contributed by atoms with E-state index in [1.54, 1.807) is 11.8 Å². The largest absolute Gasteiger partial charge is 0.398 e. The van der Waals surface area contributed by atoms with Gasteiger partial charge in [0.1, 0.15) is 0 Å². The number of nitrogens with two attached hydrogens (primary N) is 1. The lowest BCUT2D eigenvalue weighted by molar-refractivity contribution is 1.37. The first kappa shape index (κ1) is 7.82. The molecule has 1 rings (SSSR count). The van der Waals surface area contributed by atoms with Crippen molar-refractivity contribution in [3.8, 4) is 0 Å². The number of anilines is 1. The van der Waals surface area contributed by atoms with E-state index in [0.717, 1.165) is 10.6 Å². The van der Waals surface area contributed by atoms with E-state index in [1.165, 1.54) is 4.90 Å². The first-order chi connectivity index (χ1) is 4.74. The molecule has 1 nitrogen and oxygen atoms in total. The third-order valence-electron chi connectivity index (χ3n) is 1.23. The molecule has 3 heteroatoms. The second-order valence-electron chi connectivity index (χ2n) is 1.92. The molecule has 10 heavy (non-hydrogen) atoms. The van der Waals surface area contributed by atoms with Crippen LogP contribution in [0.25, 0.3) is 0 Å². The fourth-order valence-corrected chi connectivity index (χ4v) is 1.25. The van der Waals surface area contributed by atoms with Crippen LogP contribution in [0.3, 0.4) is 0 Å². The first-order valence-corrected chi connectivity index (χ1v) is 4.53. The van der Waals surface area contributed by atoms with Crippen LogP contribution in [-0.2, 0) is 0 Å². The number of hydrogen-bond acceptors (Lipinski definition) is 3. The normalized spacial score (nSPS) is 9.80. The molecule has 0 aliphatic heterocycles. The van der Waals surface area contributed by atoms with Gasteiger partial charge in [-0.05, 0) is 24.5 Å². The van der Waals surface area contributed by atoms with Gasteiger partial charge in [0.25, 0.3) is 0 Å². The summed E-state index contributed by atoms with van der Waals surface area (Å²) in [6.07, 6.45) is 2.02. The van der Waals surface area contributed by atoms with Crippen molar-refractivity contribution in [2.75, 3.05) is 12.0 Å². The molecule has 0 aromatic heterocycles. The van der Waals surface area contributed by atoms with Gasteiger partial charge in [0.05, 0.1) is 0 Å². The maximum Gasteiger partial charge on any atom is 0.0460 e. The summed E-state index contributed by atoms with van der Waals surface area (Å²) in [5.41, 5.74) is 6.35. The molecule has 1 aromatic carbocycles. The number of thioether (sulfide) groups is 1. The number of nitrogen functional groups attached to an aromatic ring is 1. The molecular weight excluding hydrogens is 162 g/mol. The molecule has 0 aliphatic carbocycles. The highest BCUT2D eigenvalue weighted by molar-refractivity contribution is 7.98. The fourth-order valence-electron chi connectivity index (χ4n) is 0.660. The van der Waals surface area contributed by atoms with Crippen LogP contribution in [0.15, 0.2) is 28.0 Å². The number of rotatable bonds is 1. The van der Waals surface area contributed by atoms with Gasteiger partial charge in [-0.25, -0.2) is 0 Å². The van der Waals surface area contributed by atoms with Gasteiger partial charge >= 0.3 is 0 Å². The van der Waals surface area contributed by atoms with Crippen molar-refractivity contribution in [3.63, 3.8) is 0 Å². The van der Waals surface area contributed by atoms with E-state index in [1.807, 2.05) is 24.5 Å². The Balaban J connectivity index is 3.04. The molecule has 54 valence electrons. The highest BCUT2D eigenvalue weighted by atomic mass is 32.2. The molecule has 0 fully saturated rings. The van der Waals surface area contributed by atoms with Crippen LogP contribution < -0.4 is 5.73 Å². The van der Waals surface area contributed by atoms with Crippen LogP contribution in [0, 0.1) is 0 Å². The Morgan fingerprint density at radius 3 is 2.70 bits per heavy atom. The average molecular weight is 171 g/mol. The molecular formula is C7H9NS2. The molecule has 0 aliphatic rings. The van der Waals surface area contributed by atoms with Gasteiger partial charge in [0.15, 0.2) is 0 Å². The minimum atomic E-state index is 0.746. The molecule has 0 spiro atoms. The average Bonchev–Trinajstić information content (AvgIpc) is 1.95. The minimum Gasteiger partial charge on any atom is -0.398 e. The van der Waals surface area contributed by atoms with Gasteiger partial charge < -0.3 is 5.73 Å². The molecule has 0 atom stereocenters. The Morgan fingerprint density at radius 2 is 2.20 bits per heavy atom. The second kappa shape index (κ2) is 3.21. The zero-order chi connectivity index (χ0) is 7.56. The van der Waals surface area contributed by atoms with E-state index >= 15 is 0 Å². The van der Waals surface area contributed by atoms with E-state index in [2.05, 4.69) is 12.6 Å². The number of thiol groups is 1. The van der Waals surface area contributed by atoms with Crippen LogP contribution in [0.1, 0.15) is 0 Å². The second-order valence-corrected chi connectivity index (χ2v) is 3.29. The molecule has 1 aromatic rings. The van der Waals surface area contributed by atoms with E-state index < -0.39 is 0 Å². The number of benzene rings is 1. The minimum absolute atomic E-state index is 0.746. The van der Waals surface area contributed by atoms with E-state index in [4.69, 9.17) is 5.73 Å². The van der Waals surface area contributed by atoms with Crippen molar-refractivity contribution in [2.24, 2.45) is 0 Å². The lowest BCUT2D eigenvalue weighted by Gasteiger charge is -1.99. The quantitative estimate of drug-likeness (QED) is 0.385. The zero-order valence-corrected chi connectivity index (χ0v) is 7.38. The third-order valence-corrected chi connectivity index (χ3v) is 2.37. The summed E-state index contributed by atoms with van der Waals surface area (Å²) < 4.78 is 0. The van der Waals surface area contributed by atoms with Crippen molar-refractivity contribution in [3.05, 3.63) is 18.2 Å². The van der Waals surface area contributed by atoms with Crippen LogP contribution in [0.5, 0.6) is 0 Å². The van der Waals surface area contributed by atoms with Crippen molar-refractivity contribution >= 4 is 30.1 Å². The highest BCUT2D eigenvalue weighted by Gasteiger charge is 1.94. The summed E-state index contributed by atoms with van der Waals surface area (Å²) in [5, 5.41) is 0. The van der Waals surface area contributed by atoms with E-state index in [-0.39, 0.29) is 0 Å². The van der Waals surface area contributed by atoms with Crippen molar-refractivity contribution in [2.45, 2.75) is 9.79 Å². The van der Waals surface area contributed by atoms with Crippen molar-refractivity contribution in [1.82, 2.24) is 0 Å². The van der Waals surface area contributed by atoms with Gasteiger partial charge in [0, 0.05) is 15.5 Å². The van der Waals surface area contributed by atoms with Gasteiger partial charge in [-0.3, -0.25) is 0 Å². The SMILES string of the molecule is CSc1ccc(S)c(N)c1. The third kappa shape index (κ3) is 1.61. The van der Waals surface area contributed by atoms with Crippen LogP contribution >= 0.6 is 24.4 Å². The first-order valence-electron chi connectivity index (χ1n) is 2.86. The molecule has 2 N–H and O–H groups in total. The Kier molecular flexibility index (Phi) is 2.51. The van der Waals surface area contributed by atoms with Gasteiger partial charge in [-0.1, -0.05) is 0 Å². The topological polar surface area (TPSA) is 26.0 Å². The Bertz CT molecular complexity index is 235. The Labute approximate surface area is 70.4 Å². The summed E-state index contributed by atoms with van der Waals surface area (Å²) in [5.74, 6) is 0. The maximum atomic E-state index is 5.61. The van der Waals surface area contributed by atoms with Crippen LogP contribution in [-0.4, -0.2) is 6.26 Å². The fraction of sp³-hybridized carbons (Fsp3) is 0.143. The summed E-state index contributed by atoms with van der Waals surface area (Å²) in [7, 11) is 0. The molecule has 0 radical (unpaired) electrons. The predicted molar refractivity (Wildman–Crippen MR) is 49.9 cm³/mol. The molecule has 0 bridgehead atoms. The van der Waals surface area contributed by atoms with E-state index in [9.17, 15) is 0 Å². The van der Waals surface area contributed by atoms with Crippen molar-refractivity contribution in [1.29, 1.82) is 0 Å². The Hall–Kier alpha value is -0.280. The Morgan fingerprint density at radius 1 is 1.50 bits per heavy atom. The standard InChI is InChI=1S/C7H9NS2/c1-10-5-2-3-7(9)6(8)4-5/h2-4,9H,8H2,1H3.